The van der Waals surface area contributed by atoms with E-state index in [1.807, 2.05) is 36.4 Å². The molecular weight excluding hydrogens is 368 g/mol. The number of aromatic nitrogens is 4. The fourth-order valence-electron chi connectivity index (χ4n) is 3.61. The number of hydrogen-bond donors (Lipinski definition) is 2. The van der Waals surface area contributed by atoms with Crippen LogP contribution in [0.5, 0.6) is 0 Å². The lowest BCUT2D eigenvalue weighted by Crippen LogP contribution is -2.30. The molecule has 0 unspecified atom stereocenters. The Kier molecular flexibility index (Phi) is 4.09. The van der Waals surface area contributed by atoms with E-state index < -0.39 is 0 Å². The summed E-state index contributed by atoms with van der Waals surface area (Å²) in [5, 5.41) is 2.91. The van der Waals surface area contributed by atoms with Gasteiger partial charge in [-0.15, -0.1) is 0 Å². The van der Waals surface area contributed by atoms with Gasteiger partial charge in [0, 0.05) is 25.8 Å². The second-order valence-corrected chi connectivity index (χ2v) is 6.84. The number of hydrogen-bond acceptors (Lipinski definition) is 5. The SMILES string of the molecule is O=C1NCCN(Cc2ccccc2)c2nc(-n3c(=O)[nH]c4ncccc43)ccc21. The number of amides is 1. The molecule has 0 aliphatic carbocycles. The van der Waals surface area contributed by atoms with E-state index in [2.05, 4.69) is 20.2 Å². The van der Waals surface area contributed by atoms with E-state index in [0.29, 0.717) is 48.0 Å². The smallest absolute Gasteiger partial charge is 0.333 e. The van der Waals surface area contributed by atoms with Crippen LogP contribution in [0.1, 0.15) is 15.9 Å². The number of fused-ring (bicyclic) bond motifs is 2. The second kappa shape index (κ2) is 6.90. The fraction of sp³-hybridized carbons (Fsp3) is 0.143. The highest BCUT2D eigenvalue weighted by atomic mass is 16.2. The third-order valence-electron chi connectivity index (χ3n) is 4.97. The van der Waals surface area contributed by atoms with Gasteiger partial charge in [-0.25, -0.2) is 19.3 Å². The zero-order chi connectivity index (χ0) is 19.8. The van der Waals surface area contributed by atoms with Crippen molar-refractivity contribution in [3.63, 3.8) is 0 Å². The van der Waals surface area contributed by atoms with Crippen LogP contribution in [-0.4, -0.2) is 38.5 Å². The van der Waals surface area contributed by atoms with E-state index in [4.69, 9.17) is 4.98 Å². The van der Waals surface area contributed by atoms with Gasteiger partial charge >= 0.3 is 5.69 Å². The number of rotatable bonds is 3. The monoisotopic (exact) mass is 386 g/mol. The number of H-pyrrole nitrogens is 1. The van der Waals surface area contributed by atoms with Crippen LogP contribution >= 0.6 is 0 Å². The molecule has 0 atom stereocenters. The maximum atomic E-state index is 12.5. The van der Waals surface area contributed by atoms with E-state index in [-0.39, 0.29) is 11.6 Å². The first-order valence-electron chi connectivity index (χ1n) is 9.35. The predicted octanol–water partition coefficient (Wildman–Crippen LogP) is 1.86. The lowest BCUT2D eigenvalue weighted by atomic mass is 10.2. The van der Waals surface area contributed by atoms with Gasteiger partial charge in [0.15, 0.2) is 5.65 Å². The lowest BCUT2D eigenvalue weighted by Gasteiger charge is -2.23. The summed E-state index contributed by atoms with van der Waals surface area (Å²) >= 11 is 0. The Balaban J connectivity index is 1.64. The van der Waals surface area contributed by atoms with Crippen LogP contribution in [0.4, 0.5) is 5.82 Å². The Bertz CT molecular complexity index is 1260. The maximum absolute atomic E-state index is 12.5. The van der Waals surface area contributed by atoms with Crippen LogP contribution in [0.25, 0.3) is 17.0 Å². The number of nitrogens with zero attached hydrogens (tertiary/aromatic N) is 4. The average Bonchev–Trinajstić information content (AvgIpc) is 3.00. The molecule has 5 rings (SSSR count). The number of carbonyl (C=O) groups is 1. The first kappa shape index (κ1) is 17.2. The van der Waals surface area contributed by atoms with Crippen LogP contribution < -0.4 is 15.9 Å². The van der Waals surface area contributed by atoms with Gasteiger partial charge < -0.3 is 10.2 Å². The quantitative estimate of drug-likeness (QED) is 0.560. The van der Waals surface area contributed by atoms with Gasteiger partial charge in [-0.1, -0.05) is 30.3 Å². The summed E-state index contributed by atoms with van der Waals surface area (Å²) < 4.78 is 1.48. The maximum Gasteiger partial charge on any atom is 0.333 e. The first-order chi connectivity index (χ1) is 14.2. The topological polar surface area (TPSA) is 95.9 Å². The molecule has 2 N–H and O–H groups in total. The molecule has 0 radical (unpaired) electrons. The fourth-order valence-corrected chi connectivity index (χ4v) is 3.61. The molecule has 0 spiro atoms. The molecule has 4 aromatic rings. The first-order valence-corrected chi connectivity index (χ1v) is 9.35. The summed E-state index contributed by atoms with van der Waals surface area (Å²) in [4.78, 5) is 38.8. The van der Waals surface area contributed by atoms with Gasteiger partial charge in [0.05, 0.1) is 11.1 Å². The summed E-state index contributed by atoms with van der Waals surface area (Å²) in [5.41, 5.74) is 2.42. The molecule has 144 valence electrons. The van der Waals surface area contributed by atoms with Crippen LogP contribution in [0, 0.1) is 0 Å². The molecule has 0 saturated carbocycles. The molecule has 0 saturated heterocycles. The Hall–Kier alpha value is -3.94. The van der Waals surface area contributed by atoms with Gasteiger partial charge in [0.25, 0.3) is 5.91 Å². The van der Waals surface area contributed by atoms with E-state index in [0.717, 1.165) is 5.56 Å². The van der Waals surface area contributed by atoms with Gasteiger partial charge in [0.2, 0.25) is 0 Å². The van der Waals surface area contributed by atoms with E-state index in [9.17, 15) is 9.59 Å². The summed E-state index contributed by atoms with van der Waals surface area (Å²) in [5.74, 6) is 0.842. The van der Waals surface area contributed by atoms with E-state index in [1.165, 1.54) is 4.57 Å². The Morgan fingerprint density at radius 2 is 1.86 bits per heavy atom. The highest BCUT2D eigenvalue weighted by Gasteiger charge is 2.24. The molecule has 4 heterocycles. The Labute approximate surface area is 165 Å². The highest BCUT2D eigenvalue weighted by Crippen LogP contribution is 2.24. The summed E-state index contributed by atoms with van der Waals surface area (Å²) in [6.07, 6.45) is 1.62. The highest BCUT2D eigenvalue weighted by molar-refractivity contribution is 5.99. The van der Waals surface area contributed by atoms with Crippen LogP contribution in [-0.2, 0) is 6.54 Å². The third kappa shape index (κ3) is 3.04. The number of anilines is 1. The molecular formula is C21H18N6O2. The number of carbonyl (C=O) groups excluding carboxylic acids is 1. The van der Waals surface area contributed by atoms with E-state index in [1.54, 1.807) is 24.4 Å². The van der Waals surface area contributed by atoms with Gasteiger partial charge in [0.1, 0.15) is 11.6 Å². The molecule has 8 heteroatoms. The molecule has 29 heavy (non-hydrogen) atoms. The van der Waals surface area contributed by atoms with E-state index >= 15 is 0 Å². The standard InChI is InChI=1S/C21H18N6O2/c28-20-15-8-9-17(27-16-7-4-10-22-18(16)25-21(27)29)24-19(15)26(12-11-23-20)13-14-5-2-1-3-6-14/h1-10H,11-13H2,(H,23,28)(H,22,25,29). The number of aromatic amines is 1. The normalized spacial score (nSPS) is 13.8. The number of benzene rings is 1. The van der Waals surface area contributed by atoms with Crippen molar-refractivity contribution in [2.75, 3.05) is 18.0 Å². The van der Waals surface area contributed by atoms with Gasteiger partial charge in [-0.2, -0.15) is 0 Å². The minimum atomic E-state index is -0.321. The van der Waals surface area contributed by atoms with Gasteiger partial charge in [-0.05, 0) is 29.8 Å². The molecule has 8 nitrogen and oxygen atoms in total. The van der Waals surface area contributed by atoms with Crippen molar-refractivity contribution in [1.29, 1.82) is 0 Å². The minimum absolute atomic E-state index is 0.164. The molecule has 3 aromatic heterocycles. The predicted molar refractivity (Wildman–Crippen MR) is 109 cm³/mol. The van der Waals surface area contributed by atoms with Crippen molar-refractivity contribution in [1.82, 2.24) is 24.8 Å². The Morgan fingerprint density at radius 1 is 1.00 bits per heavy atom. The number of nitrogens with one attached hydrogen (secondary N) is 2. The largest absolute Gasteiger partial charge is 0.350 e. The third-order valence-corrected chi connectivity index (χ3v) is 4.97. The molecule has 0 fully saturated rings. The van der Waals surface area contributed by atoms with Crippen molar-refractivity contribution in [3.05, 3.63) is 82.4 Å². The zero-order valence-corrected chi connectivity index (χ0v) is 15.5. The molecule has 1 aromatic carbocycles. The summed E-state index contributed by atoms with van der Waals surface area (Å²) in [6.45, 7) is 1.76. The number of imidazole rings is 1. The van der Waals surface area contributed by atoms with Crippen molar-refractivity contribution in [3.8, 4) is 5.82 Å². The molecule has 0 bridgehead atoms. The lowest BCUT2D eigenvalue weighted by molar-refractivity contribution is 0.0958. The van der Waals surface area contributed by atoms with Crippen LogP contribution in [0.2, 0.25) is 0 Å². The molecule has 1 amide bonds. The zero-order valence-electron chi connectivity index (χ0n) is 15.5. The summed E-state index contributed by atoms with van der Waals surface area (Å²) in [6, 6.07) is 17.0. The number of pyridine rings is 2. The van der Waals surface area contributed by atoms with Crippen molar-refractivity contribution >= 4 is 22.9 Å². The second-order valence-electron chi connectivity index (χ2n) is 6.84. The van der Waals surface area contributed by atoms with Crippen molar-refractivity contribution in [2.24, 2.45) is 0 Å². The van der Waals surface area contributed by atoms with Crippen molar-refractivity contribution < 1.29 is 4.79 Å². The average molecular weight is 386 g/mol. The minimum Gasteiger partial charge on any atom is -0.350 e. The van der Waals surface area contributed by atoms with Crippen molar-refractivity contribution in [2.45, 2.75) is 6.54 Å². The molecule has 1 aliphatic rings. The Morgan fingerprint density at radius 3 is 2.72 bits per heavy atom. The van der Waals surface area contributed by atoms with Crippen LogP contribution in [0.3, 0.4) is 0 Å². The van der Waals surface area contributed by atoms with Gasteiger partial charge in [-0.3, -0.25) is 9.78 Å². The van der Waals surface area contributed by atoms with Crippen LogP contribution in [0.15, 0.2) is 65.6 Å². The molecule has 1 aliphatic heterocycles. The summed E-state index contributed by atoms with van der Waals surface area (Å²) in [7, 11) is 0.